The van der Waals surface area contributed by atoms with E-state index in [-0.39, 0.29) is 14.8 Å². The SMILES string of the molecule is O=[N+]([O-])c1ccc(S(=O)(=O)c2cnc(NC3=NCCCCC3)s2)cc1. The number of aliphatic imine (C=N–C) groups is 1. The quantitative estimate of drug-likeness (QED) is 0.643. The first-order valence-electron chi connectivity index (χ1n) is 7.72. The number of hydrogen-bond donors (Lipinski definition) is 1. The molecule has 8 nitrogen and oxygen atoms in total. The van der Waals surface area contributed by atoms with Crippen molar-refractivity contribution in [3.63, 3.8) is 0 Å². The van der Waals surface area contributed by atoms with Gasteiger partial charge in [-0.3, -0.25) is 15.1 Å². The molecule has 0 aliphatic carbocycles. The van der Waals surface area contributed by atoms with Crippen LogP contribution in [0.15, 0.2) is 44.6 Å². The van der Waals surface area contributed by atoms with Crippen molar-refractivity contribution >= 4 is 37.8 Å². The molecule has 0 bridgehead atoms. The zero-order valence-electron chi connectivity index (χ0n) is 13.2. The number of nitrogens with one attached hydrogen (secondary N) is 1. The van der Waals surface area contributed by atoms with E-state index in [1.54, 1.807) is 0 Å². The lowest BCUT2D eigenvalue weighted by atomic mass is 10.2. The van der Waals surface area contributed by atoms with E-state index in [0.29, 0.717) is 5.13 Å². The maximum absolute atomic E-state index is 12.6. The Balaban J connectivity index is 1.80. The molecule has 0 spiro atoms. The van der Waals surface area contributed by atoms with Crippen LogP contribution in [-0.4, -0.2) is 30.7 Å². The Kier molecular flexibility index (Phi) is 5.09. The highest BCUT2D eigenvalue weighted by molar-refractivity contribution is 7.93. The highest BCUT2D eigenvalue weighted by Crippen LogP contribution is 2.29. The third-order valence-corrected chi connectivity index (χ3v) is 6.88. The van der Waals surface area contributed by atoms with Gasteiger partial charge in [0.2, 0.25) is 9.84 Å². The molecule has 2 heterocycles. The Bertz CT molecular complexity index is 904. The molecule has 0 saturated heterocycles. The van der Waals surface area contributed by atoms with Crippen LogP contribution < -0.4 is 5.32 Å². The van der Waals surface area contributed by atoms with Gasteiger partial charge >= 0.3 is 0 Å². The lowest BCUT2D eigenvalue weighted by Crippen LogP contribution is -2.11. The van der Waals surface area contributed by atoms with Crippen molar-refractivity contribution in [3.05, 3.63) is 40.6 Å². The van der Waals surface area contributed by atoms with E-state index in [2.05, 4.69) is 15.3 Å². The van der Waals surface area contributed by atoms with Crippen LogP contribution in [0.1, 0.15) is 25.7 Å². The number of rotatable bonds is 4. The molecule has 1 aromatic carbocycles. The molecule has 1 N–H and O–H groups in total. The Labute approximate surface area is 148 Å². The van der Waals surface area contributed by atoms with Gasteiger partial charge < -0.3 is 5.32 Å². The first-order chi connectivity index (χ1) is 12.0. The van der Waals surface area contributed by atoms with Crippen LogP contribution in [0.4, 0.5) is 10.8 Å². The van der Waals surface area contributed by atoms with Crippen LogP contribution >= 0.6 is 11.3 Å². The normalized spacial score (nSPS) is 15.3. The van der Waals surface area contributed by atoms with Gasteiger partial charge in [0.15, 0.2) is 5.13 Å². The number of nitro groups is 1. The Morgan fingerprint density at radius 3 is 2.64 bits per heavy atom. The molecule has 25 heavy (non-hydrogen) atoms. The van der Waals surface area contributed by atoms with Crippen molar-refractivity contribution in [2.45, 2.75) is 34.8 Å². The summed E-state index contributed by atoms with van der Waals surface area (Å²) in [6.45, 7) is 0.766. The second kappa shape index (κ2) is 7.28. The van der Waals surface area contributed by atoms with Gasteiger partial charge in [-0.1, -0.05) is 17.8 Å². The molecule has 0 atom stereocenters. The van der Waals surface area contributed by atoms with Crippen molar-refractivity contribution in [2.24, 2.45) is 4.99 Å². The van der Waals surface area contributed by atoms with Gasteiger partial charge in [-0.25, -0.2) is 13.4 Å². The van der Waals surface area contributed by atoms with Crippen molar-refractivity contribution in [1.29, 1.82) is 0 Å². The standard InChI is InChI=1S/C15H16N4O4S2/c20-19(21)11-5-7-12(8-6-11)25(22,23)14-10-17-15(24-14)18-13-4-2-1-3-9-16-13/h5-8,10H,1-4,9H2,(H,16,17,18). The van der Waals surface area contributed by atoms with Gasteiger partial charge in [0.05, 0.1) is 16.0 Å². The van der Waals surface area contributed by atoms with E-state index >= 15 is 0 Å². The van der Waals surface area contributed by atoms with Crippen LogP contribution in [-0.2, 0) is 9.84 Å². The number of thiazole rings is 1. The molecule has 1 aliphatic heterocycles. The molecule has 0 fully saturated rings. The van der Waals surface area contributed by atoms with Gasteiger partial charge in [0.1, 0.15) is 10.0 Å². The summed E-state index contributed by atoms with van der Waals surface area (Å²) in [5, 5.41) is 14.2. The molecular weight excluding hydrogens is 364 g/mol. The number of hydrogen-bond acceptors (Lipinski definition) is 8. The predicted octanol–water partition coefficient (Wildman–Crippen LogP) is 3.27. The van der Waals surface area contributed by atoms with E-state index in [1.807, 2.05) is 0 Å². The lowest BCUT2D eigenvalue weighted by molar-refractivity contribution is -0.384. The van der Waals surface area contributed by atoms with Gasteiger partial charge in [-0.2, -0.15) is 0 Å². The van der Waals surface area contributed by atoms with Crippen LogP contribution in [0, 0.1) is 10.1 Å². The van der Waals surface area contributed by atoms with E-state index in [0.717, 1.165) is 49.4 Å². The second-order valence-electron chi connectivity index (χ2n) is 5.50. The van der Waals surface area contributed by atoms with Crippen molar-refractivity contribution in [3.8, 4) is 0 Å². The number of amidine groups is 1. The highest BCUT2D eigenvalue weighted by Gasteiger charge is 2.22. The van der Waals surface area contributed by atoms with Crippen LogP contribution in [0.3, 0.4) is 0 Å². The topological polar surface area (TPSA) is 115 Å². The first kappa shape index (κ1) is 17.5. The molecule has 3 rings (SSSR count). The molecule has 1 aromatic heterocycles. The fraction of sp³-hybridized carbons (Fsp3) is 0.333. The summed E-state index contributed by atoms with van der Waals surface area (Å²) in [6, 6.07) is 4.81. The fourth-order valence-corrected chi connectivity index (χ4v) is 4.86. The molecule has 132 valence electrons. The Morgan fingerprint density at radius 1 is 1.16 bits per heavy atom. The third kappa shape index (κ3) is 4.02. The molecular formula is C15H16N4O4S2. The molecule has 10 heteroatoms. The Morgan fingerprint density at radius 2 is 1.92 bits per heavy atom. The first-order valence-corrected chi connectivity index (χ1v) is 10.0. The number of anilines is 1. The molecule has 1 aliphatic rings. The van der Waals surface area contributed by atoms with Crippen molar-refractivity contribution in [2.75, 3.05) is 11.9 Å². The van der Waals surface area contributed by atoms with Gasteiger partial charge in [0.25, 0.3) is 5.69 Å². The Hall–Kier alpha value is -2.33. The summed E-state index contributed by atoms with van der Waals surface area (Å²) >= 11 is 1.02. The van der Waals surface area contributed by atoms with Gasteiger partial charge in [-0.15, -0.1) is 0 Å². The van der Waals surface area contributed by atoms with E-state index < -0.39 is 14.8 Å². The number of non-ortho nitro benzene ring substituents is 1. The minimum Gasteiger partial charge on any atom is -0.320 e. The number of nitro benzene ring substituents is 1. The summed E-state index contributed by atoms with van der Waals surface area (Å²) in [4.78, 5) is 18.7. The highest BCUT2D eigenvalue weighted by atomic mass is 32.2. The average Bonchev–Trinajstić information content (AvgIpc) is 2.92. The molecule has 0 saturated carbocycles. The van der Waals surface area contributed by atoms with E-state index in [1.165, 1.54) is 30.5 Å². The smallest absolute Gasteiger partial charge is 0.269 e. The fourth-order valence-electron chi connectivity index (χ4n) is 2.40. The number of sulfone groups is 1. The maximum atomic E-state index is 12.6. The monoisotopic (exact) mass is 380 g/mol. The van der Waals surface area contributed by atoms with Crippen LogP contribution in [0.25, 0.3) is 0 Å². The summed E-state index contributed by atoms with van der Waals surface area (Å²) in [7, 11) is -3.76. The number of nitrogens with zero attached hydrogens (tertiary/aromatic N) is 3. The molecule has 0 unspecified atom stereocenters. The summed E-state index contributed by atoms with van der Waals surface area (Å²) < 4.78 is 25.3. The second-order valence-corrected chi connectivity index (χ2v) is 8.71. The zero-order chi connectivity index (χ0) is 17.9. The largest absolute Gasteiger partial charge is 0.320 e. The molecule has 0 amide bonds. The predicted molar refractivity (Wildman–Crippen MR) is 95.1 cm³/mol. The van der Waals surface area contributed by atoms with Crippen LogP contribution in [0.5, 0.6) is 0 Å². The summed E-state index contributed by atoms with van der Waals surface area (Å²) in [5.41, 5.74) is -0.156. The molecule has 0 radical (unpaired) electrons. The minimum absolute atomic E-state index is 0.0000990. The summed E-state index contributed by atoms with van der Waals surface area (Å²) in [6.07, 6.45) is 5.35. The summed E-state index contributed by atoms with van der Waals surface area (Å²) in [5.74, 6) is 0.825. The van der Waals surface area contributed by atoms with Crippen LogP contribution in [0.2, 0.25) is 0 Å². The van der Waals surface area contributed by atoms with E-state index in [4.69, 9.17) is 0 Å². The molecule has 2 aromatic rings. The number of benzene rings is 1. The van der Waals surface area contributed by atoms with Crippen molar-refractivity contribution in [1.82, 2.24) is 4.98 Å². The van der Waals surface area contributed by atoms with E-state index in [9.17, 15) is 18.5 Å². The number of aromatic nitrogens is 1. The average molecular weight is 380 g/mol. The van der Waals surface area contributed by atoms with Crippen molar-refractivity contribution < 1.29 is 13.3 Å². The third-order valence-electron chi connectivity index (χ3n) is 3.73. The minimum atomic E-state index is -3.76. The maximum Gasteiger partial charge on any atom is 0.269 e. The van der Waals surface area contributed by atoms with Gasteiger partial charge in [-0.05, 0) is 25.0 Å². The lowest BCUT2D eigenvalue weighted by Gasteiger charge is -2.04. The van der Waals surface area contributed by atoms with Gasteiger partial charge in [0, 0.05) is 25.1 Å². The zero-order valence-corrected chi connectivity index (χ0v) is 14.8.